The van der Waals surface area contributed by atoms with E-state index in [1.807, 2.05) is 0 Å². The highest BCUT2D eigenvalue weighted by atomic mass is 79.9. The Labute approximate surface area is 81.1 Å². The summed E-state index contributed by atoms with van der Waals surface area (Å²) in [5.41, 5.74) is 7.16. The Bertz CT molecular complexity index is 262. The molecule has 0 radical (unpaired) electrons. The zero-order chi connectivity index (χ0) is 8.55. The van der Waals surface area contributed by atoms with Gasteiger partial charge in [0.2, 0.25) is 0 Å². The van der Waals surface area contributed by atoms with Gasteiger partial charge >= 0.3 is 0 Å². The Balaban J connectivity index is 2.09. The first-order chi connectivity index (χ1) is 5.75. The highest BCUT2D eigenvalue weighted by molar-refractivity contribution is 9.10. The lowest BCUT2D eigenvalue weighted by atomic mass is 9.76. The zero-order valence-electron chi connectivity index (χ0n) is 6.83. The van der Waals surface area contributed by atoms with Crippen molar-refractivity contribution in [3.8, 4) is 0 Å². The van der Waals surface area contributed by atoms with Crippen LogP contribution in [0.25, 0.3) is 0 Å². The Morgan fingerprint density at radius 3 is 2.25 bits per heavy atom. The molecular weight excluding hydrogens is 214 g/mol. The highest BCUT2D eigenvalue weighted by Crippen LogP contribution is 2.35. The van der Waals surface area contributed by atoms with Gasteiger partial charge in [0.15, 0.2) is 0 Å². The van der Waals surface area contributed by atoms with E-state index in [0.717, 1.165) is 17.3 Å². The van der Waals surface area contributed by atoms with Crippen LogP contribution in [0.5, 0.6) is 0 Å². The summed E-state index contributed by atoms with van der Waals surface area (Å²) in [6.45, 7) is 0. The largest absolute Gasteiger partial charge is 0.328 e. The van der Waals surface area contributed by atoms with Crippen molar-refractivity contribution in [2.75, 3.05) is 0 Å². The molecule has 1 aromatic carbocycles. The predicted molar refractivity (Wildman–Crippen MR) is 54.1 cm³/mol. The van der Waals surface area contributed by atoms with Crippen molar-refractivity contribution < 1.29 is 0 Å². The van der Waals surface area contributed by atoms with Gasteiger partial charge in [-0.05, 0) is 36.5 Å². The molecule has 0 bridgehead atoms. The Morgan fingerprint density at radius 1 is 1.17 bits per heavy atom. The Kier molecular flexibility index (Phi) is 2.20. The minimum absolute atomic E-state index is 0.443. The van der Waals surface area contributed by atoms with E-state index in [4.69, 9.17) is 5.73 Å². The maximum absolute atomic E-state index is 5.73. The van der Waals surface area contributed by atoms with E-state index < -0.39 is 0 Å². The average Bonchev–Trinajstić information content (AvgIpc) is 2.01. The van der Waals surface area contributed by atoms with E-state index in [-0.39, 0.29) is 0 Å². The third-order valence-electron chi connectivity index (χ3n) is 2.52. The minimum Gasteiger partial charge on any atom is -0.328 e. The molecule has 1 nitrogen and oxygen atoms in total. The topological polar surface area (TPSA) is 26.0 Å². The van der Waals surface area contributed by atoms with Gasteiger partial charge in [-0.25, -0.2) is 0 Å². The molecule has 0 aliphatic heterocycles. The van der Waals surface area contributed by atoms with Gasteiger partial charge in [-0.2, -0.15) is 0 Å². The fraction of sp³-hybridized carbons (Fsp3) is 0.400. The first-order valence-electron chi connectivity index (χ1n) is 4.27. The Morgan fingerprint density at radius 2 is 1.75 bits per heavy atom. The maximum Gasteiger partial charge on any atom is 0.0175 e. The smallest absolute Gasteiger partial charge is 0.0175 e. The summed E-state index contributed by atoms with van der Waals surface area (Å²) in [7, 11) is 0. The average molecular weight is 226 g/mol. The molecule has 2 N–H and O–H groups in total. The number of benzene rings is 1. The fourth-order valence-corrected chi connectivity index (χ4v) is 1.93. The van der Waals surface area contributed by atoms with Gasteiger partial charge < -0.3 is 5.73 Å². The van der Waals surface area contributed by atoms with Crippen LogP contribution in [0.4, 0.5) is 0 Å². The summed E-state index contributed by atoms with van der Waals surface area (Å²) in [4.78, 5) is 0. The molecule has 1 fully saturated rings. The van der Waals surface area contributed by atoms with Crippen LogP contribution in [-0.2, 0) is 0 Å². The minimum atomic E-state index is 0.443. The normalized spacial score (nSPS) is 28.2. The van der Waals surface area contributed by atoms with Gasteiger partial charge in [-0.15, -0.1) is 0 Å². The molecule has 1 aliphatic rings. The van der Waals surface area contributed by atoms with Gasteiger partial charge in [0.25, 0.3) is 0 Å². The lowest BCUT2D eigenvalue weighted by Crippen LogP contribution is -2.34. The standard InChI is InChI=1S/C10H12BrN/c11-9-3-1-7(2-4-9)8-5-10(12)6-8/h1-4,8,10H,5-6,12H2. The zero-order valence-corrected chi connectivity index (χ0v) is 8.42. The number of nitrogens with two attached hydrogens (primary N) is 1. The third kappa shape index (κ3) is 1.54. The van der Waals surface area contributed by atoms with E-state index in [2.05, 4.69) is 40.2 Å². The first kappa shape index (κ1) is 8.27. The fourth-order valence-electron chi connectivity index (χ4n) is 1.67. The molecule has 0 atom stereocenters. The van der Waals surface area contributed by atoms with Crippen LogP contribution in [0.3, 0.4) is 0 Å². The second-order valence-electron chi connectivity index (χ2n) is 3.48. The van der Waals surface area contributed by atoms with E-state index in [0.29, 0.717) is 12.0 Å². The molecule has 0 heterocycles. The van der Waals surface area contributed by atoms with Crippen molar-refractivity contribution in [2.45, 2.75) is 24.8 Å². The molecule has 0 aromatic heterocycles. The molecule has 1 saturated carbocycles. The molecule has 64 valence electrons. The van der Waals surface area contributed by atoms with Gasteiger partial charge in [-0.1, -0.05) is 28.1 Å². The molecule has 1 aromatic rings. The number of rotatable bonds is 1. The summed E-state index contributed by atoms with van der Waals surface area (Å²) in [6.07, 6.45) is 2.31. The molecule has 2 heteroatoms. The van der Waals surface area contributed by atoms with Crippen LogP contribution in [0.2, 0.25) is 0 Å². The summed E-state index contributed by atoms with van der Waals surface area (Å²) in [5.74, 6) is 0.716. The summed E-state index contributed by atoms with van der Waals surface area (Å²) < 4.78 is 1.15. The third-order valence-corrected chi connectivity index (χ3v) is 3.04. The van der Waals surface area contributed by atoms with Crippen molar-refractivity contribution in [1.82, 2.24) is 0 Å². The van der Waals surface area contributed by atoms with E-state index in [9.17, 15) is 0 Å². The second-order valence-corrected chi connectivity index (χ2v) is 4.40. The summed E-state index contributed by atoms with van der Waals surface area (Å²) in [5, 5.41) is 0. The van der Waals surface area contributed by atoms with Crippen molar-refractivity contribution in [1.29, 1.82) is 0 Å². The SMILES string of the molecule is NC1CC(c2ccc(Br)cc2)C1. The number of hydrogen-bond donors (Lipinski definition) is 1. The summed E-state index contributed by atoms with van der Waals surface area (Å²) in [6, 6.07) is 9.00. The molecule has 0 saturated heterocycles. The molecule has 0 unspecified atom stereocenters. The number of hydrogen-bond acceptors (Lipinski definition) is 1. The van der Waals surface area contributed by atoms with Crippen LogP contribution in [0, 0.1) is 0 Å². The van der Waals surface area contributed by atoms with E-state index >= 15 is 0 Å². The lowest BCUT2D eigenvalue weighted by molar-refractivity contribution is 0.351. The van der Waals surface area contributed by atoms with Crippen LogP contribution >= 0.6 is 15.9 Å². The predicted octanol–water partition coefficient (Wildman–Crippen LogP) is 2.65. The van der Waals surface area contributed by atoms with Crippen LogP contribution in [0.1, 0.15) is 24.3 Å². The van der Waals surface area contributed by atoms with Crippen LogP contribution in [0.15, 0.2) is 28.7 Å². The van der Waals surface area contributed by atoms with Crippen molar-refractivity contribution in [2.24, 2.45) is 5.73 Å². The quantitative estimate of drug-likeness (QED) is 0.782. The molecule has 0 spiro atoms. The second kappa shape index (κ2) is 3.19. The van der Waals surface area contributed by atoms with Crippen molar-refractivity contribution in [3.63, 3.8) is 0 Å². The molecule has 1 aliphatic carbocycles. The van der Waals surface area contributed by atoms with E-state index in [1.165, 1.54) is 5.56 Å². The molecule has 12 heavy (non-hydrogen) atoms. The van der Waals surface area contributed by atoms with Gasteiger partial charge in [-0.3, -0.25) is 0 Å². The van der Waals surface area contributed by atoms with E-state index in [1.54, 1.807) is 0 Å². The van der Waals surface area contributed by atoms with Crippen LogP contribution < -0.4 is 5.73 Å². The van der Waals surface area contributed by atoms with Crippen LogP contribution in [-0.4, -0.2) is 6.04 Å². The lowest BCUT2D eigenvalue weighted by Gasteiger charge is -2.32. The highest BCUT2D eigenvalue weighted by Gasteiger charge is 2.26. The summed E-state index contributed by atoms with van der Waals surface area (Å²) >= 11 is 3.42. The molecule has 0 amide bonds. The van der Waals surface area contributed by atoms with Crippen molar-refractivity contribution >= 4 is 15.9 Å². The maximum atomic E-state index is 5.73. The van der Waals surface area contributed by atoms with Crippen molar-refractivity contribution in [3.05, 3.63) is 34.3 Å². The Hall–Kier alpha value is -0.340. The van der Waals surface area contributed by atoms with Gasteiger partial charge in [0.05, 0.1) is 0 Å². The number of halogens is 1. The molecule has 2 rings (SSSR count). The monoisotopic (exact) mass is 225 g/mol. The molecular formula is C10H12BrN. The first-order valence-corrected chi connectivity index (χ1v) is 5.06. The van der Waals surface area contributed by atoms with Gasteiger partial charge in [0.1, 0.15) is 0 Å². The van der Waals surface area contributed by atoms with Gasteiger partial charge in [0, 0.05) is 10.5 Å².